The van der Waals surface area contributed by atoms with Gasteiger partial charge in [0.15, 0.2) is 0 Å². The zero-order valence-electron chi connectivity index (χ0n) is 25.4. The fraction of sp³-hybridized carbons (Fsp3) is 0.345. The summed E-state index contributed by atoms with van der Waals surface area (Å²) in [5.74, 6) is -0.518. The van der Waals surface area contributed by atoms with E-state index in [9.17, 15) is 28.8 Å². The molecule has 0 spiro atoms. The SMILES string of the molecule is BC(c1ccc(F)cc1)(c1cn(C2CC2)nn1)N(C(=O)OCOP(=O)(O)O)c1cc(Cl)c2ncc(C#N)c(NCC(C)(C)C)c2c1. The predicted octanol–water partition coefficient (Wildman–Crippen LogP) is 4.83. The predicted molar refractivity (Wildman–Crippen MR) is 170 cm³/mol. The van der Waals surface area contributed by atoms with Crippen molar-refractivity contribution in [1.82, 2.24) is 20.0 Å². The molecular weight excluding hydrogens is 639 g/mol. The second-order valence-corrected chi connectivity index (χ2v) is 13.9. The number of benzene rings is 2. The first kappa shape index (κ1) is 33.3. The van der Waals surface area contributed by atoms with Gasteiger partial charge >= 0.3 is 13.9 Å². The highest BCUT2D eigenvalue weighted by Gasteiger charge is 2.44. The number of nitrogens with zero attached hydrogens (tertiary/aromatic N) is 6. The fourth-order valence-electron chi connectivity index (χ4n) is 4.94. The van der Waals surface area contributed by atoms with E-state index in [1.54, 1.807) is 24.8 Å². The maximum Gasteiger partial charge on any atom is 0.472 e. The molecule has 1 atom stereocenters. The van der Waals surface area contributed by atoms with Crippen LogP contribution in [0.4, 0.5) is 20.6 Å². The van der Waals surface area contributed by atoms with Crippen LogP contribution in [0, 0.1) is 22.6 Å². The fourth-order valence-corrected chi connectivity index (χ4v) is 5.39. The van der Waals surface area contributed by atoms with Crippen LogP contribution < -0.4 is 10.2 Å². The maximum absolute atomic E-state index is 14.2. The number of nitrogens with one attached hydrogen (secondary N) is 1. The Kier molecular flexibility index (Phi) is 9.14. The van der Waals surface area contributed by atoms with Gasteiger partial charge in [0.2, 0.25) is 6.79 Å². The van der Waals surface area contributed by atoms with Crippen molar-refractivity contribution >= 4 is 55.6 Å². The molecule has 2 heterocycles. The van der Waals surface area contributed by atoms with Crippen molar-refractivity contribution in [2.45, 2.75) is 45.1 Å². The van der Waals surface area contributed by atoms with Crippen molar-refractivity contribution < 1.29 is 32.8 Å². The van der Waals surface area contributed by atoms with E-state index in [-0.39, 0.29) is 33.4 Å². The molecule has 3 N–H and O–H groups in total. The number of phosphoric ester groups is 1. The van der Waals surface area contributed by atoms with Gasteiger partial charge in [-0.3, -0.25) is 9.88 Å². The highest BCUT2D eigenvalue weighted by Crippen LogP contribution is 2.43. The molecule has 1 fully saturated rings. The second-order valence-electron chi connectivity index (χ2n) is 12.3. The molecule has 1 amide bonds. The number of anilines is 2. The number of carbonyl (C=O) groups is 1. The van der Waals surface area contributed by atoms with Gasteiger partial charge in [-0.2, -0.15) is 5.26 Å². The normalized spacial score (nSPS) is 14.8. The molecule has 1 unspecified atom stereocenters. The Balaban J connectivity index is 1.75. The summed E-state index contributed by atoms with van der Waals surface area (Å²) in [6.45, 7) is 5.45. The van der Waals surface area contributed by atoms with Gasteiger partial charge in [-0.05, 0) is 48.1 Å². The lowest BCUT2D eigenvalue weighted by atomic mass is 9.68. The zero-order valence-corrected chi connectivity index (χ0v) is 27.1. The van der Waals surface area contributed by atoms with E-state index in [4.69, 9.17) is 16.3 Å². The molecule has 0 bridgehead atoms. The molecule has 240 valence electrons. The molecular formula is C29H31BClFN7O6P. The minimum absolute atomic E-state index is 0.128. The van der Waals surface area contributed by atoms with E-state index >= 15 is 0 Å². The van der Waals surface area contributed by atoms with Crippen LogP contribution in [0.3, 0.4) is 0 Å². The van der Waals surface area contributed by atoms with Crippen LogP contribution >= 0.6 is 19.4 Å². The number of pyridine rings is 1. The third kappa shape index (κ3) is 7.17. The van der Waals surface area contributed by atoms with E-state index in [0.717, 1.165) is 12.8 Å². The van der Waals surface area contributed by atoms with E-state index in [1.807, 2.05) is 20.8 Å². The summed E-state index contributed by atoms with van der Waals surface area (Å²) >= 11 is 6.79. The number of amides is 1. The summed E-state index contributed by atoms with van der Waals surface area (Å²) < 4.78 is 36.9. The van der Waals surface area contributed by atoms with Crippen LogP contribution in [0.5, 0.6) is 0 Å². The third-order valence-electron chi connectivity index (χ3n) is 7.45. The highest BCUT2D eigenvalue weighted by atomic mass is 35.5. The van der Waals surface area contributed by atoms with Gasteiger partial charge in [-0.25, -0.2) is 23.0 Å². The summed E-state index contributed by atoms with van der Waals surface area (Å²) in [7, 11) is -3.35. The zero-order chi connectivity index (χ0) is 33.4. The summed E-state index contributed by atoms with van der Waals surface area (Å²) in [6.07, 6.45) is 3.79. The molecule has 5 rings (SSSR count). The molecule has 0 radical (unpaired) electrons. The molecule has 4 aromatic rings. The number of carbonyl (C=O) groups excluding carboxylic acids is 1. The number of halogens is 2. The van der Waals surface area contributed by atoms with Crippen molar-refractivity contribution in [2.75, 3.05) is 23.6 Å². The lowest BCUT2D eigenvalue weighted by Gasteiger charge is -2.40. The van der Waals surface area contributed by atoms with Gasteiger partial charge in [0, 0.05) is 23.8 Å². The van der Waals surface area contributed by atoms with Gasteiger partial charge < -0.3 is 19.8 Å². The summed E-state index contributed by atoms with van der Waals surface area (Å²) in [5.41, 5.74) is 0.115. The first-order valence-corrected chi connectivity index (χ1v) is 16.1. The van der Waals surface area contributed by atoms with Crippen molar-refractivity contribution in [1.29, 1.82) is 5.26 Å². The number of ether oxygens (including phenoxy) is 1. The quantitative estimate of drug-likeness (QED) is 0.120. The van der Waals surface area contributed by atoms with Crippen molar-refractivity contribution in [3.05, 3.63) is 76.5 Å². The lowest BCUT2D eigenvalue weighted by Crippen LogP contribution is -2.52. The Morgan fingerprint density at radius 1 is 1.28 bits per heavy atom. The van der Waals surface area contributed by atoms with Gasteiger partial charge in [-0.1, -0.05) is 49.7 Å². The molecule has 46 heavy (non-hydrogen) atoms. The Labute approximate surface area is 269 Å². The highest BCUT2D eigenvalue weighted by molar-refractivity contribution is 7.46. The molecule has 1 saturated carbocycles. The van der Waals surface area contributed by atoms with Crippen molar-refractivity contribution in [3.63, 3.8) is 0 Å². The van der Waals surface area contributed by atoms with Crippen molar-refractivity contribution in [3.8, 4) is 6.07 Å². The number of hydrogen-bond donors (Lipinski definition) is 3. The Morgan fingerprint density at radius 3 is 2.59 bits per heavy atom. The third-order valence-corrected chi connectivity index (χ3v) is 8.18. The average molecular weight is 670 g/mol. The van der Waals surface area contributed by atoms with Crippen LogP contribution in [0.2, 0.25) is 5.02 Å². The first-order chi connectivity index (χ1) is 21.6. The molecule has 1 aliphatic carbocycles. The monoisotopic (exact) mass is 669 g/mol. The maximum atomic E-state index is 14.2. The van der Waals surface area contributed by atoms with Gasteiger partial charge in [-0.15, -0.1) is 5.10 Å². The second kappa shape index (κ2) is 12.6. The molecule has 2 aromatic heterocycles. The average Bonchev–Trinajstić information content (AvgIpc) is 3.70. The Hall–Kier alpha value is -4.06. The Bertz CT molecular complexity index is 1870. The van der Waals surface area contributed by atoms with Crippen LogP contribution in [-0.2, 0) is 19.3 Å². The number of rotatable bonds is 10. The molecule has 17 heteroatoms. The minimum Gasteiger partial charge on any atom is -0.421 e. The van der Waals surface area contributed by atoms with Gasteiger partial charge in [0.05, 0.1) is 39.5 Å². The lowest BCUT2D eigenvalue weighted by molar-refractivity contribution is 0.0422. The molecule has 1 aliphatic rings. The van der Waals surface area contributed by atoms with Crippen molar-refractivity contribution in [2.24, 2.45) is 5.41 Å². The van der Waals surface area contributed by atoms with Gasteiger partial charge in [0.25, 0.3) is 0 Å². The molecule has 13 nitrogen and oxygen atoms in total. The number of nitriles is 1. The minimum atomic E-state index is -5.00. The Morgan fingerprint density at radius 2 is 1.98 bits per heavy atom. The van der Waals surface area contributed by atoms with Crippen LogP contribution in [0.15, 0.2) is 48.8 Å². The molecule has 0 saturated heterocycles. The largest absolute Gasteiger partial charge is 0.472 e. The number of fused-ring (bicyclic) bond motifs is 1. The first-order valence-electron chi connectivity index (χ1n) is 14.2. The molecule has 0 aliphatic heterocycles. The van der Waals surface area contributed by atoms with Crippen LogP contribution in [0.1, 0.15) is 56.5 Å². The van der Waals surface area contributed by atoms with E-state index in [0.29, 0.717) is 28.7 Å². The smallest absolute Gasteiger partial charge is 0.421 e. The number of aromatic nitrogens is 4. The number of phosphoric acid groups is 1. The standard InChI is InChI=1S/C29H31BClFN7O6P/c1-28(2,3)15-35-25-17(12-33)13-34-26-22(25)10-21(11-23(26)31)39(27(40)44-16-45-46(41,42)43)29(30,18-4-6-19(32)7-5-18)24-14-38(37-36-24)20-8-9-20/h4-7,10-11,13-14,20H,8-9,15-16,30H2,1-3H3,(H,34,35)(H2,41,42,43). The summed E-state index contributed by atoms with van der Waals surface area (Å²) in [5, 5.41) is 22.5. The van der Waals surface area contributed by atoms with Crippen LogP contribution in [0.25, 0.3) is 10.9 Å². The topological polar surface area (TPSA) is 176 Å². The summed E-state index contributed by atoms with van der Waals surface area (Å²) in [6, 6.07) is 10.8. The number of hydrogen-bond acceptors (Lipinski definition) is 9. The van der Waals surface area contributed by atoms with Crippen LogP contribution in [-0.4, -0.2) is 57.0 Å². The van der Waals surface area contributed by atoms with Gasteiger partial charge in [0.1, 0.15) is 25.4 Å². The van der Waals surface area contributed by atoms with E-state index < -0.39 is 32.0 Å². The molecule has 2 aromatic carbocycles. The van der Waals surface area contributed by atoms with E-state index in [1.165, 1.54) is 41.4 Å². The summed E-state index contributed by atoms with van der Waals surface area (Å²) in [4.78, 5) is 38.0. The van der Waals surface area contributed by atoms with E-state index in [2.05, 4.69) is 31.2 Å².